The van der Waals surface area contributed by atoms with Gasteiger partial charge in [0, 0.05) is 16.9 Å². The van der Waals surface area contributed by atoms with Crippen LogP contribution in [-0.4, -0.2) is 11.1 Å². The van der Waals surface area contributed by atoms with E-state index >= 15 is 0 Å². The minimum atomic E-state index is -0.937. The number of fused-ring (bicyclic) bond motifs is 3. The van der Waals surface area contributed by atoms with E-state index < -0.39 is 6.02 Å². The van der Waals surface area contributed by atoms with Crippen molar-refractivity contribution < 1.29 is 1.37 Å². The number of hydrogen-bond acceptors (Lipinski definition) is 2. The fourth-order valence-corrected chi connectivity index (χ4v) is 6.23. The molecule has 2 unspecified atom stereocenters. The summed E-state index contributed by atoms with van der Waals surface area (Å²) in [5.74, 6) is 0.536. The zero-order valence-corrected chi connectivity index (χ0v) is 19.1. The molecule has 3 aromatic rings. The largest absolute Gasteiger partial charge is 0.337 e. The molecule has 0 N–H and O–H groups in total. The Morgan fingerprint density at radius 3 is 2.25 bits per heavy atom. The molecule has 0 radical (unpaired) electrons. The maximum Gasteiger partial charge on any atom is 0.110 e. The normalized spacial score (nSPS) is 25.7. The third-order valence-electron chi connectivity index (χ3n) is 7.65. The molecule has 2 heteroatoms. The Hall–Kier alpha value is -3.00. The molecule has 2 aliphatic heterocycles. The van der Waals surface area contributed by atoms with Crippen LogP contribution in [0.3, 0.4) is 0 Å². The Kier molecular flexibility index (Phi) is 4.55. The molecule has 1 aliphatic carbocycles. The van der Waals surface area contributed by atoms with Crippen molar-refractivity contribution in [2.24, 2.45) is 5.92 Å². The van der Waals surface area contributed by atoms with E-state index in [1.165, 1.54) is 60.3 Å². The van der Waals surface area contributed by atoms with E-state index in [0.717, 1.165) is 11.1 Å². The standard InChI is InChI=1S/C30H32N2/c1-21-13-9-12-20-27(21)31-22(2)28-25-18-10-11-19-26(25)29(23-14-5-3-6-15-23)32(28)30(31)24-16-7-4-8-17-24/h3,5-6,9-15,18-20,24,29-30H,4,7-8,16-17H2,1-2H3/i29D. The number of para-hydroxylation sites is 1. The van der Waals surface area contributed by atoms with Crippen LogP contribution < -0.4 is 4.90 Å². The number of allylic oxidation sites excluding steroid dienone is 1. The first-order chi connectivity index (χ1) is 16.1. The molecule has 2 heterocycles. The van der Waals surface area contributed by atoms with Crippen molar-refractivity contribution in [3.8, 4) is 0 Å². The SMILES string of the molecule is [2H]C1(c2ccccc2)c2ccccc2C2=C(C)N(c3ccccc3C)C(C3CCCCC3)N21. The molecule has 2 atom stereocenters. The Morgan fingerprint density at radius 1 is 0.781 bits per heavy atom. The maximum atomic E-state index is 10.1. The molecule has 3 aromatic carbocycles. The monoisotopic (exact) mass is 421 g/mol. The highest BCUT2D eigenvalue weighted by Crippen LogP contribution is 2.55. The zero-order chi connectivity index (χ0) is 22.6. The second-order valence-electron chi connectivity index (χ2n) is 9.53. The number of aryl methyl sites for hydroxylation is 1. The number of benzene rings is 3. The molecule has 1 saturated carbocycles. The van der Waals surface area contributed by atoms with Crippen LogP contribution in [0.5, 0.6) is 0 Å². The fraction of sp³-hybridized carbons (Fsp3) is 0.333. The third kappa shape index (κ3) is 2.92. The first kappa shape index (κ1) is 18.6. The summed E-state index contributed by atoms with van der Waals surface area (Å²) >= 11 is 0. The van der Waals surface area contributed by atoms with E-state index in [1.54, 1.807) is 0 Å². The lowest BCUT2D eigenvalue weighted by molar-refractivity contribution is 0.170. The molecule has 2 nitrogen and oxygen atoms in total. The summed E-state index contributed by atoms with van der Waals surface area (Å²) in [6, 6.07) is 26.9. The summed E-state index contributed by atoms with van der Waals surface area (Å²) in [6.07, 6.45) is 6.50. The van der Waals surface area contributed by atoms with Gasteiger partial charge in [-0.1, -0.05) is 92.1 Å². The number of hydrogen-bond donors (Lipinski definition) is 0. The van der Waals surface area contributed by atoms with E-state index in [4.69, 9.17) is 0 Å². The van der Waals surface area contributed by atoms with Crippen LogP contribution in [0.1, 0.15) is 68.7 Å². The van der Waals surface area contributed by atoms with Gasteiger partial charge in [0.25, 0.3) is 0 Å². The summed E-state index contributed by atoms with van der Waals surface area (Å²) in [5.41, 5.74) is 8.46. The first-order valence-corrected chi connectivity index (χ1v) is 12.1. The van der Waals surface area contributed by atoms with Crippen molar-refractivity contribution in [3.05, 3.63) is 107 Å². The predicted octanol–water partition coefficient (Wildman–Crippen LogP) is 7.52. The predicted molar refractivity (Wildman–Crippen MR) is 133 cm³/mol. The molecule has 1 fully saturated rings. The van der Waals surface area contributed by atoms with Crippen LogP contribution in [0.15, 0.2) is 84.6 Å². The van der Waals surface area contributed by atoms with Crippen molar-refractivity contribution in [2.45, 2.75) is 58.1 Å². The minimum Gasteiger partial charge on any atom is -0.337 e. The summed E-state index contributed by atoms with van der Waals surface area (Å²) < 4.78 is 10.1. The lowest BCUT2D eigenvalue weighted by atomic mass is 9.85. The van der Waals surface area contributed by atoms with Crippen LogP contribution in [0.25, 0.3) is 5.70 Å². The zero-order valence-electron chi connectivity index (χ0n) is 20.1. The Morgan fingerprint density at radius 2 is 1.47 bits per heavy atom. The first-order valence-electron chi connectivity index (χ1n) is 12.6. The third-order valence-corrected chi connectivity index (χ3v) is 7.65. The van der Waals surface area contributed by atoms with Crippen LogP contribution in [0.4, 0.5) is 5.69 Å². The highest BCUT2D eigenvalue weighted by atomic mass is 15.4. The summed E-state index contributed by atoms with van der Waals surface area (Å²) in [4.78, 5) is 5.05. The Labute approximate surface area is 193 Å². The van der Waals surface area contributed by atoms with E-state index in [2.05, 4.69) is 103 Å². The van der Waals surface area contributed by atoms with Gasteiger partial charge in [0.1, 0.15) is 6.17 Å². The van der Waals surface area contributed by atoms with Gasteiger partial charge >= 0.3 is 0 Å². The molecular weight excluding hydrogens is 388 g/mol. The van der Waals surface area contributed by atoms with Crippen molar-refractivity contribution in [1.82, 2.24) is 4.90 Å². The van der Waals surface area contributed by atoms with Gasteiger partial charge in [-0.25, -0.2) is 0 Å². The molecule has 162 valence electrons. The maximum absolute atomic E-state index is 10.1. The number of rotatable bonds is 3. The van der Waals surface area contributed by atoms with Crippen LogP contribution in [0, 0.1) is 12.8 Å². The number of anilines is 1. The van der Waals surface area contributed by atoms with Crippen LogP contribution in [0.2, 0.25) is 0 Å². The van der Waals surface area contributed by atoms with Gasteiger partial charge in [-0.05, 0) is 55.4 Å². The van der Waals surface area contributed by atoms with Gasteiger partial charge in [-0.2, -0.15) is 0 Å². The Balaban J connectivity index is 1.62. The lowest BCUT2D eigenvalue weighted by Gasteiger charge is -2.43. The van der Waals surface area contributed by atoms with E-state index in [9.17, 15) is 1.37 Å². The van der Waals surface area contributed by atoms with E-state index in [0.29, 0.717) is 5.92 Å². The van der Waals surface area contributed by atoms with Gasteiger partial charge in [-0.3, -0.25) is 0 Å². The molecule has 0 bridgehead atoms. The van der Waals surface area contributed by atoms with Gasteiger partial charge in [-0.15, -0.1) is 0 Å². The van der Waals surface area contributed by atoms with Crippen molar-refractivity contribution >= 4 is 11.4 Å². The molecule has 6 rings (SSSR count). The van der Waals surface area contributed by atoms with E-state index in [1.807, 2.05) is 0 Å². The summed E-state index contributed by atoms with van der Waals surface area (Å²) in [6.45, 7) is 4.48. The Bertz CT molecular complexity index is 1210. The topological polar surface area (TPSA) is 6.48 Å². The summed E-state index contributed by atoms with van der Waals surface area (Å²) in [7, 11) is 0. The van der Waals surface area contributed by atoms with Crippen molar-refractivity contribution in [2.75, 3.05) is 4.90 Å². The second kappa shape index (κ2) is 7.85. The van der Waals surface area contributed by atoms with Gasteiger partial charge in [0.2, 0.25) is 0 Å². The van der Waals surface area contributed by atoms with Crippen molar-refractivity contribution in [1.29, 1.82) is 0 Å². The molecule has 0 aromatic heterocycles. The smallest absolute Gasteiger partial charge is 0.110 e. The fourth-order valence-electron chi connectivity index (χ4n) is 6.23. The summed E-state index contributed by atoms with van der Waals surface area (Å²) in [5, 5.41) is 0. The molecule has 0 amide bonds. The van der Waals surface area contributed by atoms with E-state index in [-0.39, 0.29) is 6.17 Å². The minimum absolute atomic E-state index is 0.145. The van der Waals surface area contributed by atoms with Crippen molar-refractivity contribution in [3.63, 3.8) is 0 Å². The molecule has 0 saturated heterocycles. The average Bonchev–Trinajstić information content (AvgIpc) is 3.32. The second-order valence-corrected chi connectivity index (χ2v) is 9.53. The highest BCUT2D eigenvalue weighted by molar-refractivity contribution is 5.83. The molecular formula is C30H32N2. The number of nitrogens with zero attached hydrogens (tertiary/aromatic N) is 2. The van der Waals surface area contributed by atoms with Gasteiger partial charge < -0.3 is 9.80 Å². The molecule has 3 aliphatic rings. The van der Waals surface area contributed by atoms with Gasteiger partial charge in [0.05, 0.1) is 13.1 Å². The molecule has 32 heavy (non-hydrogen) atoms. The highest BCUT2D eigenvalue weighted by Gasteiger charge is 2.50. The van der Waals surface area contributed by atoms with Crippen LogP contribution >= 0.6 is 0 Å². The lowest BCUT2D eigenvalue weighted by Crippen LogP contribution is -2.47. The van der Waals surface area contributed by atoms with Crippen LogP contribution in [-0.2, 0) is 0 Å². The van der Waals surface area contributed by atoms with Gasteiger partial charge in [0.15, 0.2) is 0 Å². The average molecular weight is 422 g/mol. The quantitative estimate of drug-likeness (QED) is 0.431. The molecule has 0 spiro atoms.